The van der Waals surface area contributed by atoms with Crippen LogP contribution in [0.15, 0.2) is 89.8 Å². The molecule has 0 aliphatic heterocycles. The molecule has 4 aromatic rings. The fourth-order valence-electron chi connectivity index (χ4n) is 4.40. The van der Waals surface area contributed by atoms with E-state index in [-0.39, 0.29) is 23.0 Å². The van der Waals surface area contributed by atoms with Crippen LogP contribution in [0.1, 0.15) is 53.9 Å². The summed E-state index contributed by atoms with van der Waals surface area (Å²) in [6.45, 7) is 16.0. The minimum Gasteiger partial charge on any atom is -0.382 e. The van der Waals surface area contributed by atoms with E-state index in [1.165, 1.54) is 10.8 Å². The summed E-state index contributed by atoms with van der Waals surface area (Å²) in [6, 6.07) is 15.9. The maximum atomic E-state index is 14.1. The minimum atomic E-state index is -0.610. The molecule has 4 rings (SSSR count). The van der Waals surface area contributed by atoms with Gasteiger partial charge >= 0.3 is 0 Å². The van der Waals surface area contributed by atoms with Crippen molar-refractivity contribution >= 4 is 35.1 Å². The highest BCUT2D eigenvalue weighted by molar-refractivity contribution is 5.97. The average Bonchev–Trinajstić information content (AvgIpc) is 3.29. The second-order valence-corrected chi connectivity index (χ2v) is 9.31. The van der Waals surface area contributed by atoms with Crippen molar-refractivity contribution in [2.24, 2.45) is 5.10 Å². The molecule has 2 aromatic carbocycles. The first-order valence-electron chi connectivity index (χ1n) is 13.5. The fraction of sp³-hybridized carbons (Fsp3) is 0.182. The molecule has 0 saturated heterocycles. The van der Waals surface area contributed by atoms with E-state index in [2.05, 4.69) is 52.4 Å². The van der Waals surface area contributed by atoms with Gasteiger partial charge in [0.25, 0.3) is 11.5 Å². The number of aryl methyl sites for hydroxylation is 1. The van der Waals surface area contributed by atoms with Gasteiger partial charge in [-0.3, -0.25) is 19.0 Å². The number of amides is 2. The summed E-state index contributed by atoms with van der Waals surface area (Å²) >= 11 is 0. The molecule has 2 amide bonds. The van der Waals surface area contributed by atoms with Gasteiger partial charge in [0, 0.05) is 36.6 Å². The second-order valence-electron chi connectivity index (χ2n) is 9.31. The third-order valence-corrected chi connectivity index (χ3v) is 6.24. The number of carbonyl (C=O) groups is 2. The lowest BCUT2D eigenvalue weighted by molar-refractivity contribution is -0.116. The van der Waals surface area contributed by atoms with Crippen molar-refractivity contribution in [1.29, 1.82) is 0 Å². The van der Waals surface area contributed by atoms with E-state index in [9.17, 15) is 14.4 Å². The summed E-state index contributed by atoms with van der Waals surface area (Å²) in [5.74, 6) is 5.77. The number of nitrogen functional groups attached to an aromatic ring is 1. The molecular formula is C33H35N7O3. The first-order chi connectivity index (χ1) is 20.7. The van der Waals surface area contributed by atoms with Crippen LogP contribution < -0.4 is 21.9 Å². The number of fused-ring (bicyclic) bond motifs is 1. The Hall–Kier alpha value is -5.69. The number of anilines is 1. The van der Waals surface area contributed by atoms with Crippen molar-refractivity contribution in [3.8, 4) is 17.5 Å². The van der Waals surface area contributed by atoms with Crippen LogP contribution in [0.25, 0.3) is 16.5 Å². The van der Waals surface area contributed by atoms with Crippen molar-refractivity contribution in [1.82, 2.24) is 24.9 Å². The van der Waals surface area contributed by atoms with Crippen molar-refractivity contribution in [3.63, 3.8) is 0 Å². The van der Waals surface area contributed by atoms with Crippen LogP contribution in [0.2, 0.25) is 0 Å². The van der Waals surface area contributed by atoms with E-state index in [1.54, 1.807) is 30.6 Å². The SMILES string of the molecule is C=CC.C=CC(=O)NCCC#Cc1cccc2cc(C(C)NC(=O)c3c(N)nc(C)n3N=C)n(-c3ccccc3)c(=O)c12. The van der Waals surface area contributed by atoms with Crippen LogP contribution in [0.3, 0.4) is 0 Å². The summed E-state index contributed by atoms with van der Waals surface area (Å²) in [7, 11) is 0. The number of pyridine rings is 1. The second kappa shape index (κ2) is 14.8. The Balaban J connectivity index is 0.00000162. The Morgan fingerprint density at radius 2 is 1.86 bits per heavy atom. The molecule has 0 fully saturated rings. The van der Waals surface area contributed by atoms with Gasteiger partial charge in [-0.15, -0.1) is 6.58 Å². The number of nitrogens with one attached hydrogen (secondary N) is 2. The number of allylic oxidation sites excluding steroid dienone is 1. The Morgan fingerprint density at radius 1 is 1.16 bits per heavy atom. The van der Waals surface area contributed by atoms with Gasteiger partial charge in [-0.25, -0.2) is 9.66 Å². The summed E-state index contributed by atoms with van der Waals surface area (Å²) in [5, 5.41) is 10.6. The molecule has 43 heavy (non-hydrogen) atoms. The van der Waals surface area contributed by atoms with Crippen molar-refractivity contribution in [3.05, 3.63) is 113 Å². The van der Waals surface area contributed by atoms with Crippen LogP contribution in [-0.4, -0.2) is 39.3 Å². The minimum absolute atomic E-state index is 0.0286. The quantitative estimate of drug-likeness (QED) is 0.0945. The van der Waals surface area contributed by atoms with E-state index in [4.69, 9.17) is 5.73 Å². The van der Waals surface area contributed by atoms with Crippen molar-refractivity contribution in [2.45, 2.75) is 33.2 Å². The van der Waals surface area contributed by atoms with Crippen molar-refractivity contribution < 1.29 is 9.59 Å². The van der Waals surface area contributed by atoms with Crippen molar-refractivity contribution in [2.75, 3.05) is 12.3 Å². The fourth-order valence-corrected chi connectivity index (χ4v) is 4.40. The molecule has 0 aliphatic rings. The van der Waals surface area contributed by atoms with Gasteiger partial charge in [-0.05, 0) is 56.5 Å². The van der Waals surface area contributed by atoms with Gasteiger partial charge in [-0.2, -0.15) is 5.10 Å². The van der Waals surface area contributed by atoms with Gasteiger partial charge in [-0.1, -0.05) is 54.8 Å². The van der Waals surface area contributed by atoms with Crippen LogP contribution in [0.4, 0.5) is 5.82 Å². The van der Waals surface area contributed by atoms with E-state index < -0.39 is 11.9 Å². The van der Waals surface area contributed by atoms with Gasteiger partial charge < -0.3 is 16.4 Å². The molecular weight excluding hydrogens is 542 g/mol. The topological polar surface area (TPSA) is 136 Å². The van der Waals surface area contributed by atoms with Crippen LogP contribution in [0, 0.1) is 18.8 Å². The number of rotatable bonds is 8. The number of benzene rings is 2. The zero-order chi connectivity index (χ0) is 31.5. The number of imidazole rings is 1. The number of nitrogens with two attached hydrogens (primary N) is 1. The number of aromatic nitrogens is 3. The van der Waals surface area contributed by atoms with E-state index in [1.807, 2.05) is 55.5 Å². The molecule has 1 unspecified atom stereocenters. The Bertz CT molecular complexity index is 1790. The highest BCUT2D eigenvalue weighted by atomic mass is 16.2. The van der Waals surface area contributed by atoms with Crippen LogP contribution in [0.5, 0.6) is 0 Å². The molecule has 10 nitrogen and oxygen atoms in total. The summed E-state index contributed by atoms with van der Waals surface area (Å²) < 4.78 is 2.84. The normalized spacial score (nSPS) is 10.8. The number of hydrogen-bond acceptors (Lipinski definition) is 6. The van der Waals surface area contributed by atoms with Gasteiger partial charge in [0.2, 0.25) is 5.91 Å². The lowest BCUT2D eigenvalue weighted by Crippen LogP contribution is -2.33. The third-order valence-electron chi connectivity index (χ3n) is 6.24. The maximum Gasteiger partial charge on any atom is 0.274 e. The molecule has 220 valence electrons. The highest BCUT2D eigenvalue weighted by Crippen LogP contribution is 2.24. The van der Waals surface area contributed by atoms with E-state index in [0.29, 0.717) is 46.5 Å². The molecule has 0 aliphatic carbocycles. The molecule has 0 bridgehead atoms. The Labute approximate surface area is 250 Å². The monoisotopic (exact) mass is 577 g/mol. The Kier molecular flexibility index (Phi) is 11.0. The van der Waals surface area contributed by atoms with Gasteiger partial charge in [0.05, 0.1) is 11.4 Å². The molecule has 10 heteroatoms. The summed E-state index contributed by atoms with van der Waals surface area (Å²) in [6.07, 6.45) is 3.36. The standard InChI is InChI=1S/C30H29N7O3.C3H6/c1-5-25(38)33-17-10-9-12-21-13-11-14-22-18-24(36(30(40)26(21)22)23-15-7-6-8-16-23)19(2)34-29(39)27-28(31)35-20(3)37(27)32-4;1-3-2/h5-8,11,13-16,18-19H,1,4,10,17,31H2,2-3H3,(H,33,38)(H,34,39);3H,1H2,2H3. The van der Waals surface area contributed by atoms with E-state index >= 15 is 0 Å². The van der Waals surface area contributed by atoms with E-state index in [0.717, 1.165) is 0 Å². The largest absolute Gasteiger partial charge is 0.382 e. The van der Waals surface area contributed by atoms with Crippen LogP contribution >= 0.6 is 0 Å². The molecule has 2 heterocycles. The molecule has 2 aromatic heterocycles. The number of para-hydroxylation sites is 1. The van der Waals surface area contributed by atoms with Gasteiger partial charge in [0.15, 0.2) is 11.5 Å². The first-order valence-corrected chi connectivity index (χ1v) is 13.5. The first kappa shape index (κ1) is 31.8. The Morgan fingerprint density at radius 3 is 2.51 bits per heavy atom. The molecule has 1 atom stereocenters. The third kappa shape index (κ3) is 7.34. The number of carbonyl (C=O) groups excluding carboxylic acids is 2. The average molecular weight is 578 g/mol. The number of nitrogens with zero attached hydrogens (tertiary/aromatic N) is 4. The summed E-state index contributed by atoms with van der Waals surface area (Å²) in [5.41, 5.74) is 7.52. The van der Waals surface area contributed by atoms with Gasteiger partial charge in [0.1, 0.15) is 5.82 Å². The molecule has 4 N–H and O–H groups in total. The maximum absolute atomic E-state index is 14.1. The lowest BCUT2D eigenvalue weighted by Gasteiger charge is -2.21. The predicted octanol–water partition coefficient (Wildman–Crippen LogP) is 4.27. The molecule has 0 saturated carbocycles. The smallest absolute Gasteiger partial charge is 0.274 e. The number of hydrogen-bond donors (Lipinski definition) is 3. The van der Waals surface area contributed by atoms with Crippen LogP contribution in [-0.2, 0) is 4.79 Å². The molecule has 0 radical (unpaired) electrons. The lowest BCUT2D eigenvalue weighted by atomic mass is 10.0. The highest BCUT2D eigenvalue weighted by Gasteiger charge is 2.24. The summed E-state index contributed by atoms with van der Waals surface area (Å²) in [4.78, 5) is 42.8. The zero-order valence-electron chi connectivity index (χ0n) is 24.6. The molecule has 0 spiro atoms. The zero-order valence-corrected chi connectivity index (χ0v) is 24.6. The predicted molar refractivity (Wildman–Crippen MR) is 172 cm³/mol.